The molecule has 2 rings (SSSR count). The summed E-state index contributed by atoms with van der Waals surface area (Å²) in [6.45, 7) is 4.42. The minimum Gasteiger partial charge on any atom is -0.310 e. The van der Waals surface area contributed by atoms with Gasteiger partial charge in [-0.2, -0.15) is 5.26 Å². The van der Waals surface area contributed by atoms with Crippen molar-refractivity contribution in [2.24, 2.45) is 5.73 Å². The highest BCUT2D eigenvalue weighted by atomic mass is 14.8. The molecule has 2 heteroatoms. The van der Waals surface area contributed by atoms with E-state index in [0.717, 1.165) is 18.4 Å². The van der Waals surface area contributed by atoms with Gasteiger partial charge in [-0.25, -0.2) is 0 Å². The predicted molar refractivity (Wildman–Crippen MR) is 60.2 cm³/mol. The van der Waals surface area contributed by atoms with Gasteiger partial charge in [0.25, 0.3) is 0 Å². The number of nitrogens with two attached hydrogens (primary N) is 1. The monoisotopic (exact) mass is 200 g/mol. The van der Waals surface area contributed by atoms with E-state index in [0.29, 0.717) is 0 Å². The van der Waals surface area contributed by atoms with E-state index in [2.05, 4.69) is 26.0 Å². The fourth-order valence-corrected chi connectivity index (χ4v) is 2.36. The van der Waals surface area contributed by atoms with Crippen molar-refractivity contribution < 1.29 is 0 Å². The number of nitrogens with zero attached hydrogens (tertiary/aromatic N) is 1. The van der Waals surface area contributed by atoms with Crippen LogP contribution in [0, 0.1) is 11.3 Å². The second-order valence-corrected chi connectivity index (χ2v) is 5.01. The molecular weight excluding hydrogens is 184 g/mol. The zero-order valence-electron chi connectivity index (χ0n) is 9.25. The normalized spacial score (nSPS) is 27.9. The molecule has 1 aliphatic rings. The molecule has 0 amide bonds. The lowest BCUT2D eigenvalue weighted by molar-refractivity contribution is 0.351. The third kappa shape index (κ3) is 1.44. The van der Waals surface area contributed by atoms with Crippen LogP contribution >= 0.6 is 0 Å². The summed E-state index contributed by atoms with van der Waals surface area (Å²) in [5.74, 6) is 0. The van der Waals surface area contributed by atoms with E-state index in [9.17, 15) is 5.26 Å². The predicted octanol–water partition coefficient (Wildman–Crippen LogP) is 2.44. The molecule has 0 aliphatic heterocycles. The highest BCUT2D eigenvalue weighted by molar-refractivity contribution is 5.44. The van der Waals surface area contributed by atoms with Gasteiger partial charge in [0.2, 0.25) is 0 Å². The summed E-state index contributed by atoms with van der Waals surface area (Å²) in [6, 6.07) is 10.3. The minimum atomic E-state index is -0.786. The highest BCUT2D eigenvalue weighted by Crippen LogP contribution is 2.42. The molecule has 1 unspecified atom stereocenters. The van der Waals surface area contributed by atoms with Crippen molar-refractivity contribution in [1.29, 1.82) is 5.26 Å². The van der Waals surface area contributed by atoms with Gasteiger partial charge in [-0.15, -0.1) is 0 Å². The van der Waals surface area contributed by atoms with Crippen molar-refractivity contribution in [3.05, 3.63) is 35.4 Å². The van der Waals surface area contributed by atoms with Crippen LogP contribution in [0.2, 0.25) is 0 Å². The quantitative estimate of drug-likeness (QED) is 0.699. The van der Waals surface area contributed by atoms with Crippen molar-refractivity contribution in [2.45, 2.75) is 37.6 Å². The van der Waals surface area contributed by atoms with Crippen LogP contribution < -0.4 is 5.73 Å². The summed E-state index contributed by atoms with van der Waals surface area (Å²) in [5.41, 5.74) is 7.71. The largest absolute Gasteiger partial charge is 0.310 e. The Kier molecular flexibility index (Phi) is 2.09. The van der Waals surface area contributed by atoms with Crippen LogP contribution in [0.25, 0.3) is 0 Å². The summed E-state index contributed by atoms with van der Waals surface area (Å²) in [4.78, 5) is 0. The molecule has 1 aromatic rings. The summed E-state index contributed by atoms with van der Waals surface area (Å²) >= 11 is 0. The van der Waals surface area contributed by atoms with Gasteiger partial charge in [-0.3, -0.25) is 0 Å². The molecule has 78 valence electrons. The Labute approximate surface area is 90.7 Å². The van der Waals surface area contributed by atoms with Crippen molar-refractivity contribution in [1.82, 2.24) is 0 Å². The molecule has 1 aromatic carbocycles. The van der Waals surface area contributed by atoms with Gasteiger partial charge in [0, 0.05) is 0 Å². The maximum atomic E-state index is 9.19. The van der Waals surface area contributed by atoms with E-state index in [4.69, 9.17) is 5.73 Å². The van der Waals surface area contributed by atoms with Crippen molar-refractivity contribution in [3.63, 3.8) is 0 Å². The topological polar surface area (TPSA) is 49.8 Å². The number of benzene rings is 1. The standard InChI is InChI=1S/C13H16N2/c1-12(2)7-8-13(15,9-14)11-6-4-3-5-10(11)12/h3-6H,7-8,15H2,1-2H3. The van der Waals surface area contributed by atoms with E-state index < -0.39 is 5.54 Å². The van der Waals surface area contributed by atoms with Crippen LogP contribution in [0.4, 0.5) is 0 Å². The number of fused-ring (bicyclic) bond motifs is 1. The summed E-state index contributed by atoms with van der Waals surface area (Å²) < 4.78 is 0. The van der Waals surface area contributed by atoms with Gasteiger partial charge in [-0.05, 0) is 29.4 Å². The van der Waals surface area contributed by atoms with Gasteiger partial charge < -0.3 is 5.73 Å². The van der Waals surface area contributed by atoms with E-state index in [1.807, 2.05) is 18.2 Å². The lowest BCUT2D eigenvalue weighted by atomic mass is 9.66. The molecule has 0 heterocycles. The van der Waals surface area contributed by atoms with Crippen LogP contribution in [-0.2, 0) is 11.0 Å². The molecular formula is C13H16N2. The fourth-order valence-electron chi connectivity index (χ4n) is 2.36. The fraction of sp³-hybridized carbons (Fsp3) is 0.462. The number of nitriles is 1. The Morgan fingerprint density at radius 2 is 1.80 bits per heavy atom. The summed E-state index contributed by atoms with van der Waals surface area (Å²) in [5, 5.41) is 9.19. The third-order valence-corrected chi connectivity index (χ3v) is 3.48. The minimum absolute atomic E-state index is 0.135. The Balaban J connectivity index is 2.65. The number of rotatable bonds is 0. The Morgan fingerprint density at radius 3 is 2.40 bits per heavy atom. The van der Waals surface area contributed by atoms with Crippen molar-refractivity contribution >= 4 is 0 Å². The first kappa shape index (κ1) is 10.2. The molecule has 1 aliphatic carbocycles. The van der Waals surface area contributed by atoms with E-state index >= 15 is 0 Å². The lowest BCUT2D eigenvalue weighted by Gasteiger charge is -2.39. The molecule has 2 nitrogen and oxygen atoms in total. The molecule has 0 spiro atoms. The second kappa shape index (κ2) is 3.08. The SMILES string of the molecule is CC1(C)CCC(N)(C#N)c2ccccc21. The molecule has 0 bridgehead atoms. The first-order valence-electron chi connectivity index (χ1n) is 5.30. The van der Waals surface area contributed by atoms with Crippen LogP contribution in [0.3, 0.4) is 0 Å². The van der Waals surface area contributed by atoms with Gasteiger partial charge >= 0.3 is 0 Å². The smallest absolute Gasteiger partial charge is 0.130 e. The van der Waals surface area contributed by atoms with Gasteiger partial charge in [0.15, 0.2) is 0 Å². The zero-order valence-corrected chi connectivity index (χ0v) is 9.25. The maximum Gasteiger partial charge on any atom is 0.130 e. The molecule has 0 aromatic heterocycles. The summed E-state index contributed by atoms with van der Waals surface area (Å²) in [7, 11) is 0. The average Bonchev–Trinajstić information content (AvgIpc) is 2.25. The van der Waals surface area contributed by atoms with E-state index in [1.54, 1.807) is 0 Å². The molecule has 2 N–H and O–H groups in total. The van der Waals surface area contributed by atoms with Crippen LogP contribution in [0.15, 0.2) is 24.3 Å². The third-order valence-electron chi connectivity index (χ3n) is 3.48. The molecule has 15 heavy (non-hydrogen) atoms. The molecule has 0 saturated heterocycles. The average molecular weight is 200 g/mol. The van der Waals surface area contributed by atoms with Gasteiger partial charge in [0.05, 0.1) is 6.07 Å². The van der Waals surface area contributed by atoms with Crippen molar-refractivity contribution in [2.75, 3.05) is 0 Å². The Hall–Kier alpha value is -1.33. The second-order valence-electron chi connectivity index (χ2n) is 5.01. The van der Waals surface area contributed by atoms with Crippen LogP contribution in [-0.4, -0.2) is 0 Å². The maximum absolute atomic E-state index is 9.19. The molecule has 0 radical (unpaired) electrons. The van der Waals surface area contributed by atoms with Gasteiger partial charge in [-0.1, -0.05) is 38.1 Å². The number of hydrogen-bond donors (Lipinski definition) is 1. The Bertz CT molecular complexity index is 428. The van der Waals surface area contributed by atoms with Crippen molar-refractivity contribution in [3.8, 4) is 6.07 Å². The van der Waals surface area contributed by atoms with E-state index in [1.165, 1.54) is 5.56 Å². The highest BCUT2D eigenvalue weighted by Gasteiger charge is 2.40. The van der Waals surface area contributed by atoms with E-state index in [-0.39, 0.29) is 5.41 Å². The van der Waals surface area contributed by atoms with Gasteiger partial charge in [0.1, 0.15) is 5.54 Å². The van der Waals surface area contributed by atoms with Crippen LogP contribution in [0.5, 0.6) is 0 Å². The molecule has 0 fully saturated rings. The first-order chi connectivity index (χ1) is 6.99. The molecule has 1 atom stereocenters. The Morgan fingerprint density at radius 1 is 1.20 bits per heavy atom. The molecule has 0 saturated carbocycles. The number of hydrogen-bond acceptors (Lipinski definition) is 2. The zero-order chi connectivity index (χ0) is 11.1. The lowest BCUT2D eigenvalue weighted by Crippen LogP contribution is -2.43. The summed E-state index contributed by atoms with van der Waals surface area (Å²) in [6.07, 6.45) is 1.71. The first-order valence-corrected chi connectivity index (χ1v) is 5.30. The van der Waals surface area contributed by atoms with Crippen LogP contribution in [0.1, 0.15) is 37.8 Å².